The van der Waals surface area contributed by atoms with Crippen LogP contribution in [-0.4, -0.2) is 68.1 Å². The molecular formula is C15H20ClN3O2. The van der Waals surface area contributed by atoms with E-state index in [4.69, 9.17) is 16.3 Å². The average molecular weight is 310 g/mol. The van der Waals surface area contributed by atoms with E-state index in [1.807, 2.05) is 0 Å². The normalized spacial score (nSPS) is 27.4. The number of methoxy groups -OCH3 is 1. The molecule has 2 bridgehead atoms. The Labute approximate surface area is 129 Å². The Kier molecular flexibility index (Phi) is 4.33. The fourth-order valence-electron chi connectivity index (χ4n) is 3.03. The van der Waals surface area contributed by atoms with Crippen LogP contribution in [0.25, 0.3) is 0 Å². The fraction of sp³-hybridized carbons (Fsp3) is 0.533. The maximum absolute atomic E-state index is 12.2. The minimum absolute atomic E-state index is 0.0809. The molecule has 6 heteroatoms. The van der Waals surface area contributed by atoms with Crippen LogP contribution in [0.2, 0.25) is 5.02 Å². The summed E-state index contributed by atoms with van der Waals surface area (Å²) < 4.78 is 5.14. The van der Waals surface area contributed by atoms with Crippen molar-refractivity contribution in [2.45, 2.75) is 6.04 Å². The maximum atomic E-state index is 12.2. The van der Waals surface area contributed by atoms with E-state index in [0.717, 1.165) is 32.7 Å². The number of benzene rings is 1. The van der Waals surface area contributed by atoms with Gasteiger partial charge in [-0.3, -0.25) is 14.6 Å². The molecule has 0 saturated carbocycles. The SMILES string of the molecule is COc1cc(C(=O)NC[C@H]2CN3CCN2CC3)ccc1Cl. The van der Waals surface area contributed by atoms with Crippen molar-refractivity contribution in [1.82, 2.24) is 15.1 Å². The summed E-state index contributed by atoms with van der Waals surface area (Å²) in [6.45, 7) is 6.24. The molecule has 0 spiro atoms. The molecule has 1 atom stereocenters. The van der Waals surface area contributed by atoms with Gasteiger partial charge in [-0.2, -0.15) is 0 Å². The van der Waals surface area contributed by atoms with Crippen LogP contribution < -0.4 is 10.1 Å². The molecule has 3 heterocycles. The highest BCUT2D eigenvalue weighted by Crippen LogP contribution is 2.25. The molecule has 114 valence electrons. The monoisotopic (exact) mass is 309 g/mol. The first-order valence-corrected chi connectivity index (χ1v) is 7.63. The standard InChI is InChI=1S/C15H20ClN3O2/c1-21-14-8-11(2-3-13(14)16)15(20)17-9-12-10-18-4-6-19(12)7-5-18/h2-3,8,12H,4-7,9-10H2,1H3,(H,17,20)/t12-/m0/s1. The molecule has 0 aliphatic carbocycles. The first-order valence-electron chi connectivity index (χ1n) is 7.25. The van der Waals surface area contributed by atoms with Gasteiger partial charge in [0.2, 0.25) is 0 Å². The smallest absolute Gasteiger partial charge is 0.251 e. The summed E-state index contributed by atoms with van der Waals surface area (Å²) in [6, 6.07) is 5.50. The molecule has 3 aliphatic heterocycles. The Bertz CT molecular complexity index is 530. The molecule has 1 amide bonds. The molecule has 3 saturated heterocycles. The van der Waals surface area contributed by atoms with Crippen LogP contribution in [0.5, 0.6) is 5.75 Å². The number of fused-ring (bicyclic) bond motifs is 3. The topological polar surface area (TPSA) is 44.8 Å². The van der Waals surface area contributed by atoms with E-state index < -0.39 is 0 Å². The van der Waals surface area contributed by atoms with Gasteiger partial charge in [0.15, 0.2) is 0 Å². The second kappa shape index (κ2) is 6.22. The van der Waals surface area contributed by atoms with Crippen molar-refractivity contribution >= 4 is 17.5 Å². The third-order valence-corrected chi connectivity index (χ3v) is 4.62. The van der Waals surface area contributed by atoms with Gasteiger partial charge in [0.25, 0.3) is 5.91 Å². The first-order chi connectivity index (χ1) is 10.2. The highest BCUT2D eigenvalue weighted by molar-refractivity contribution is 6.32. The van der Waals surface area contributed by atoms with Gasteiger partial charge in [0.05, 0.1) is 12.1 Å². The number of nitrogens with zero attached hydrogens (tertiary/aromatic N) is 2. The summed E-state index contributed by atoms with van der Waals surface area (Å²) in [6.07, 6.45) is 0. The quantitative estimate of drug-likeness (QED) is 0.904. The van der Waals surface area contributed by atoms with Gasteiger partial charge in [-0.05, 0) is 18.2 Å². The van der Waals surface area contributed by atoms with E-state index in [2.05, 4.69) is 15.1 Å². The lowest BCUT2D eigenvalue weighted by molar-refractivity contribution is 0.0138. The van der Waals surface area contributed by atoms with Gasteiger partial charge >= 0.3 is 0 Å². The number of hydrogen-bond donors (Lipinski definition) is 1. The van der Waals surface area contributed by atoms with Gasteiger partial charge in [0, 0.05) is 50.9 Å². The van der Waals surface area contributed by atoms with E-state index in [-0.39, 0.29) is 5.91 Å². The minimum Gasteiger partial charge on any atom is -0.495 e. The summed E-state index contributed by atoms with van der Waals surface area (Å²) in [5.74, 6) is 0.443. The minimum atomic E-state index is -0.0809. The Morgan fingerprint density at radius 1 is 1.38 bits per heavy atom. The Balaban J connectivity index is 1.59. The van der Waals surface area contributed by atoms with Crippen molar-refractivity contribution in [3.63, 3.8) is 0 Å². The predicted molar refractivity (Wildman–Crippen MR) is 82.1 cm³/mol. The van der Waals surface area contributed by atoms with Crippen LogP contribution in [0.1, 0.15) is 10.4 Å². The maximum Gasteiger partial charge on any atom is 0.251 e. The number of carbonyl (C=O) groups excluding carboxylic acids is 1. The van der Waals surface area contributed by atoms with Crippen molar-refractivity contribution in [2.75, 3.05) is 46.4 Å². The summed E-state index contributed by atoms with van der Waals surface area (Å²) in [5, 5.41) is 3.53. The molecule has 1 aromatic rings. The zero-order valence-corrected chi connectivity index (χ0v) is 12.9. The van der Waals surface area contributed by atoms with Crippen molar-refractivity contribution < 1.29 is 9.53 Å². The number of rotatable bonds is 4. The van der Waals surface area contributed by atoms with Crippen molar-refractivity contribution in [1.29, 1.82) is 0 Å². The van der Waals surface area contributed by atoms with E-state index in [1.165, 1.54) is 0 Å². The number of halogens is 1. The summed E-state index contributed by atoms with van der Waals surface area (Å²) in [7, 11) is 1.55. The highest BCUT2D eigenvalue weighted by atomic mass is 35.5. The number of carbonyl (C=O) groups is 1. The van der Waals surface area contributed by atoms with Crippen molar-refractivity contribution in [2.24, 2.45) is 0 Å². The largest absolute Gasteiger partial charge is 0.495 e. The zero-order chi connectivity index (χ0) is 14.8. The van der Waals surface area contributed by atoms with Crippen LogP contribution in [-0.2, 0) is 0 Å². The van der Waals surface area contributed by atoms with E-state index >= 15 is 0 Å². The average Bonchev–Trinajstić information content (AvgIpc) is 2.54. The lowest BCUT2D eigenvalue weighted by atomic mass is 10.1. The molecule has 4 rings (SSSR count). The van der Waals surface area contributed by atoms with E-state index in [9.17, 15) is 4.79 Å². The van der Waals surface area contributed by atoms with Crippen molar-refractivity contribution in [3.05, 3.63) is 28.8 Å². The number of piperazine rings is 3. The lowest BCUT2D eigenvalue weighted by Crippen LogP contribution is -2.63. The Morgan fingerprint density at radius 2 is 2.14 bits per heavy atom. The van der Waals surface area contributed by atoms with Gasteiger partial charge in [-0.15, -0.1) is 0 Å². The molecule has 3 fully saturated rings. The Morgan fingerprint density at radius 3 is 2.76 bits per heavy atom. The first kappa shape index (κ1) is 14.6. The molecule has 0 aromatic heterocycles. The lowest BCUT2D eigenvalue weighted by Gasteiger charge is -2.47. The molecule has 5 nitrogen and oxygen atoms in total. The Hall–Kier alpha value is -1.30. The van der Waals surface area contributed by atoms with Gasteiger partial charge in [0.1, 0.15) is 5.75 Å². The number of amides is 1. The number of ether oxygens (including phenoxy) is 1. The van der Waals surface area contributed by atoms with Gasteiger partial charge < -0.3 is 10.1 Å². The molecule has 0 radical (unpaired) electrons. The van der Waals surface area contributed by atoms with Crippen LogP contribution in [0, 0.1) is 0 Å². The molecular weight excluding hydrogens is 290 g/mol. The third-order valence-electron chi connectivity index (χ3n) is 4.30. The predicted octanol–water partition coefficient (Wildman–Crippen LogP) is 1.08. The molecule has 0 unspecified atom stereocenters. The molecule has 1 aromatic carbocycles. The number of nitrogens with one attached hydrogen (secondary N) is 1. The van der Waals surface area contributed by atoms with Gasteiger partial charge in [-0.25, -0.2) is 0 Å². The molecule has 21 heavy (non-hydrogen) atoms. The third kappa shape index (κ3) is 3.15. The fourth-order valence-corrected chi connectivity index (χ4v) is 3.23. The zero-order valence-electron chi connectivity index (χ0n) is 12.1. The highest BCUT2D eigenvalue weighted by Gasteiger charge is 2.31. The second-order valence-electron chi connectivity index (χ2n) is 5.55. The summed E-state index contributed by atoms with van der Waals surface area (Å²) in [5.41, 5.74) is 0.576. The van der Waals surface area contributed by atoms with E-state index in [0.29, 0.717) is 28.9 Å². The molecule has 1 N–H and O–H groups in total. The summed E-state index contributed by atoms with van der Waals surface area (Å²) >= 11 is 5.97. The van der Waals surface area contributed by atoms with Gasteiger partial charge in [-0.1, -0.05) is 11.6 Å². The van der Waals surface area contributed by atoms with Crippen LogP contribution >= 0.6 is 11.6 Å². The molecule has 3 aliphatic rings. The number of hydrogen-bond acceptors (Lipinski definition) is 4. The van der Waals surface area contributed by atoms with Crippen molar-refractivity contribution in [3.8, 4) is 5.75 Å². The second-order valence-corrected chi connectivity index (χ2v) is 5.96. The van der Waals surface area contributed by atoms with Crippen LogP contribution in [0.15, 0.2) is 18.2 Å². The van der Waals surface area contributed by atoms with E-state index in [1.54, 1.807) is 25.3 Å². The van der Waals surface area contributed by atoms with Crippen LogP contribution in [0.4, 0.5) is 0 Å². The van der Waals surface area contributed by atoms with Crippen LogP contribution in [0.3, 0.4) is 0 Å². The summed E-state index contributed by atoms with van der Waals surface area (Å²) in [4.78, 5) is 17.2.